The molecule has 0 saturated carbocycles. The molecule has 216 valence electrons. The molecule has 2 heterocycles. The summed E-state index contributed by atoms with van der Waals surface area (Å²) in [6, 6.07) is 34.1. The molecule has 1 atom stereocenters. The summed E-state index contributed by atoms with van der Waals surface area (Å²) in [5.41, 5.74) is 5.03. The molecule has 1 unspecified atom stereocenters. The minimum absolute atomic E-state index is 0.0588. The first-order valence-corrected chi connectivity index (χ1v) is 15.4. The summed E-state index contributed by atoms with van der Waals surface area (Å²) in [7, 11) is 0. The van der Waals surface area contributed by atoms with Gasteiger partial charge < -0.3 is 4.74 Å². The lowest BCUT2D eigenvalue weighted by molar-refractivity contribution is -0.143. The number of benzene rings is 3. The van der Waals surface area contributed by atoms with Crippen molar-refractivity contribution in [1.82, 2.24) is 14.7 Å². The molecular formula is C35H37N3O3S. The van der Waals surface area contributed by atoms with Crippen molar-refractivity contribution in [3.05, 3.63) is 131 Å². The molecule has 1 aliphatic heterocycles. The first kappa shape index (κ1) is 29.5. The van der Waals surface area contributed by atoms with Crippen LogP contribution in [0, 0.1) is 0 Å². The monoisotopic (exact) mass is 579 g/mol. The fourth-order valence-corrected chi connectivity index (χ4v) is 6.83. The Morgan fingerprint density at radius 3 is 2.02 bits per heavy atom. The van der Waals surface area contributed by atoms with Crippen molar-refractivity contribution in [3.63, 3.8) is 0 Å². The van der Waals surface area contributed by atoms with Crippen molar-refractivity contribution in [2.24, 2.45) is 0 Å². The Hall–Kier alpha value is -3.94. The van der Waals surface area contributed by atoms with E-state index in [1.807, 2.05) is 12.3 Å². The third-order valence-electron chi connectivity index (χ3n) is 7.65. The number of ether oxygens (including phenoxy) is 1. The summed E-state index contributed by atoms with van der Waals surface area (Å²) >= 11 is 1.40. The van der Waals surface area contributed by atoms with Crippen LogP contribution in [0.1, 0.15) is 49.1 Å². The van der Waals surface area contributed by atoms with E-state index >= 15 is 0 Å². The van der Waals surface area contributed by atoms with Gasteiger partial charge in [0.2, 0.25) is 0 Å². The first-order chi connectivity index (χ1) is 20.5. The number of carbonyl (C=O) groups is 2. The topological polar surface area (TPSA) is 64.4 Å². The summed E-state index contributed by atoms with van der Waals surface area (Å²) in [5, 5.41) is 4.90. The van der Waals surface area contributed by atoms with Gasteiger partial charge in [0.15, 0.2) is 5.12 Å². The molecule has 0 spiro atoms. The second-order valence-electron chi connectivity index (χ2n) is 10.4. The largest absolute Gasteiger partial charge is 0.466 e. The molecular weight excluding hydrogens is 542 g/mol. The van der Waals surface area contributed by atoms with Crippen molar-refractivity contribution >= 4 is 28.9 Å². The summed E-state index contributed by atoms with van der Waals surface area (Å²) in [6.45, 7) is 5.76. The SMILES string of the molecule is CCOC(=O)CCn1ccc(C=C2CN(C(c3ccccc3)(c3ccccc3)c3ccccc3)CCC2SC(C)=O)n1. The minimum atomic E-state index is -0.534. The smallest absolute Gasteiger partial charge is 0.307 e. The average molecular weight is 580 g/mol. The highest BCUT2D eigenvalue weighted by atomic mass is 32.2. The Kier molecular flexibility index (Phi) is 9.72. The number of piperidine rings is 1. The van der Waals surface area contributed by atoms with Gasteiger partial charge in [0.1, 0.15) is 0 Å². The first-order valence-electron chi connectivity index (χ1n) is 14.5. The molecule has 0 radical (unpaired) electrons. The van der Waals surface area contributed by atoms with Crippen molar-refractivity contribution in [2.75, 3.05) is 19.7 Å². The van der Waals surface area contributed by atoms with Crippen molar-refractivity contribution < 1.29 is 14.3 Å². The fourth-order valence-electron chi connectivity index (χ4n) is 5.91. The summed E-state index contributed by atoms with van der Waals surface area (Å²) < 4.78 is 6.84. The van der Waals surface area contributed by atoms with Gasteiger partial charge >= 0.3 is 5.97 Å². The van der Waals surface area contributed by atoms with E-state index in [4.69, 9.17) is 9.84 Å². The number of likely N-dealkylation sites (tertiary alicyclic amines) is 1. The number of rotatable bonds is 10. The van der Waals surface area contributed by atoms with Crippen molar-refractivity contribution in [1.29, 1.82) is 0 Å². The zero-order valence-corrected chi connectivity index (χ0v) is 25.0. The van der Waals surface area contributed by atoms with E-state index in [9.17, 15) is 9.59 Å². The zero-order valence-electron chi connectivity index (χ0n) is 24.2. The van der Waals surface area contributed by atoms with E-state index in [2.05, 4.69) is 102 Å². The van der Waals surface area contributed by atoms with Gasteiger partial charge in [-0.1, -0.05) is 103 Å². The summed E-state index contributed by atoms with van der Waals surface area (Å²) in [5.74, 6) is -0.229. The van der Waals surface area contributed by atoms with Crippen LogP contribution in [0.4, 0.5) is 0 Å². The van der Waals surface area contributed by atoms with Gasteiger partial charge in [0, 0.05) is 31.5 Å². The van der Waals surface area contributed by atoms with Gasteiger partial charge in [-0.05, 0) is 47.8 Å². The van der Waals surface area contributed by atoms with Crippen LogP contribution in [-0.2, 0) is 26.4 Å². The molecule has 5 rings (SSSR count). The predicted molar refractivity (Wildman–Crippen MR) is 169 cm³/mol. The normalized spacial score (nSPS) is 16.8. The molecule has 1 saturated heterocycles. The van der Waals surface area contributed by atoms with Crippen molar-refractivity contribution in [2.45, 2.75) is 44.0 Å². The van der Waals surface area contributed by atoms with E-state index in [-0.39, 0.29) is 22.8 Å². The lowest BCUT2D eigenvalue weighted by atomic mass is 9.74. The molecule has 6 nitrogen and oxygen atoms in total. The van der Waals surface area contributed by atoms with Gasteiger partial charge in [0.05, 0.1) is 30.8 Å². The molecule has 1 aromatic heterocycles. The van der Waals surface area contributed by atoms with Gasteiger partial charge in [0.25, 0.3) is 0 Å². The highest BCUT2D eigenvalue weighted by Crippen LogP contribution is 2.45. The molecule has 0 N–H and O–H groups in total. The van der Waals surface area contributed by atoms with Crippen LogP contribution in [0.3, 0.4) is 0 Å². The number of thioether (sulfide) groups is 1. The van der Waals surface area contributed by atoms with E-state index in [0.717, 1.165) is 24.2 Å². The van der Waals surface area contributed by atoms with Gasteiger partial charge in [-0.25, -0.2) is 0 Å². The molecule has 7 heteroatoms. The Labute approximate surface area is 252 Å². The maximum Gasteiger partial charge on any atom is 0.307 e. The number of nitrogens with zero attached hydrogens (tertiary/aromatic N) is 3. The molecule has 1 fully saturated rings. The standard InChI is InChI=1S/C35H37N3O3S/c1-3-41-34(40)21-24-38-23-19-32(36-38)25-28-26-37(22-20-33(28)42-27(2)39)35(29-13-7-4-8-14-29,30-15-9-5-10-16-30)31-17-11-6-12-18-31/h4-19,23,25,33H,3,20-22,24,26H2,1-2H3. The maximum atomic E-state index is 12.3. The molecule has 0 amide bonds. The highest BCUT2D eigenvalue weighted by Gasteiger charge is 2.44. The zero-order chi connectivity index (χ0) is 29.4. The van der Waals surface area contributed by atoms with Crippen LogP contribution in [-0.4, -0.2) is 50.7 Å². The maximum absolute atomic E-state index is 12.3. The summed E-state index contributed by atoms with van der Waals surface area (Å²) in [6.07, 6.45) is 5.12. The van der Waals surface area contributed by atoms with Crippen LogP contribution in [0.5, 0.6) is 0 Å². The Morgan fingerprint density at radius 1 is 0.929 bits per heavy atom. The van der Waals surface area contributed by atoms with Gasteiger partial charge in [-0.3, -0.25) is 19.2 Å². The number of carbonyl (C=O) groups excluding carboxylic acids is 2. The fraction of sp³-hybridized carbons (Fsp3) is 0.286. The number of esters is 1. The third kappa shape index (κ3) is 6.58. The van der Waals surface area contributed by atoms with Gasteiger partial charge in [-0.15, -0.1) is 0 Å². The quantitative estimate of drug-likeness (QED) is 0.157. The second kappa shape index (κ2) is 13.8. The molecule has 4 aromatic rings. The predicted octanol–water partition coefficient (Wildman–Crippen LogP) is 6.57. The molecule has 42 heavy (non-hydrogen) atoms. The van der Waals surface area contributed by atoms with E-state index in [0.29, 0.717) is 19.7 Å². The van der Waals surface area contributed by atoms with Crippen LogP contribution < -0.4 is 0 Å². The molecule has 1 aliphatic rings. The highest BCUT2D eigenvalue weighted by molar-refractivity contribution is 8.14. The number of hydrogen-bond acceptors (Lipinski definition) is 6. The van der Waals surface area contributed by atoms with Gasteiger partial charge in [-0.2, -0.15) is 5.10 Å². The average Bonchev–Trinajstić information content (AvgIpc) is 3.46. The number of hydrogen-bond donors (Lipinski definition) is 0. The molecule has 3 aromatic carbocycles. The van der Waals surface area contributed by atoms with Crippen LogP contribution >= 0.6 is 11.8 Å². The van der Waals surface area contributed by atoms with E-state index < -0.39 is 5.54 Å². The van der Waals surface area contributed by atoms with Crippen LogP contribution in [0.15, 0.2) is 109 Å². The number of aryl methyl sites for hydroxylation is 1. The number of aromatic nitrogens is 2. The molecule has 0 aliphatic carbocycles. The molecule has 0 bridgehead atoms. The lowest BCUT2D eigenvalue weighted by Gasteiger charge is -2.49. The van der Waals surface area contributed by atoms with E-state index in [1.54, 1.807) is 18.5 Å². The Morgan fingerprint density at radius 2 is 1.50 bits per heavy atom. The third-order valence-corrected chi connectivity index (χ3v) is 8.81. The Bertz CT molecular complexity index is 1410. The van der Waals surface area contributed by atoms with E-state index in [1.165, 1.54) is 28.5 Å². The summed E-state index contributed by atoms with van der Waals surface area (Å²) in [4.78, 5) is 26.7. The van der Waals surface area contributed by atoms with Crippen LogP contribution in [0.2, 0.25) is 0 Å². The Balaban J connectivity index is 1.56. The van der Waals surface area contributed by atoms with Crippen molar-refractivity contribution in [3.8, 4) is 0 Å². The lowest BCUT2D eigenvalue weighted by Crippen LogP contribution is -2.52. The van der Waals surface area contributed by atoms with Crippen LogP contribution in [0.25, 0.3) is 6.08 Å². The second-order valence-corrected chi connectivity index (χ2v) is 11.8. The minimum Gasteiger partial charge on any atom is -0.466 e.